The van der Waals surface area contributed by atoms with Gasteiger partial charge in [-0.15, -0.1) is 0 Å². The van der Waals surface area contributed by atoms with E-state index in [9.17, 15) is 4.79 Å². The van der Waals surface area contributed by atoms with Crippen molar-refractivity contribution < 1.29 is 14.3 Å². The third-order valence-corrected chi connectivity index (χ3v) is 5.55. The minimum Gasteiger partial charge on any atom is -0.497 e. The van der Waals surface area contributed by atoms with Crippen molar-refractivity contribution in [3.05, 3.63) is 77.1 Å². The number of benzene rings is 2. The van der Waals surface area contributed by atoms with Crippen LogP contribution in [0, 0.1) is 0 Å². The first-order valence-electron chi connectivity index (χ1n) is 10.2. The zero-order valence-electron chi connectivity index (χ0n) is 17.4. The van der Waals surface area contributed by atoms with E-state index in [1.807, 2.05) is 17.0 Å². The molecule has 1 amide bonds. The maximum atomic E-state index is 13.0. The van der Waals surface area contributed by atoms with E-state index in [1.54, 1.807) is 48.3 Å². The minimum absolute atomic E-state index is 0.0294. The molecule has 1 aliphatic heterocycles. The van der Waals surface area contributed by atoms with E-state index >= 15 is 0 Å². The lowest BCUT2D eigenvalue weighted by Crippen LogP contribution is -2.48. The van der Waals surface area contributed by atoms with Crippen molar-refractivity contribution in [2.45, 2.75) is 13.3 Å². The molecule has 0 atom stereocenters. The largest absolute Gasteiger partial charge is 0.497 e. The zero-order valence-corrected chi connectivity index (χ0v) is 18.2. The first-order valence-corrected chi connectivity index (χ1v) is 10.5. The second-order valence-corrected chi connectivity index (χ2v) is 7.80. The highest BCUT2D eigenvalue weighted by Gasteiger charge is 2.24. The molecule has 0 N–H and O–H groups in total. The Morgan fingerprint density at radius 2 is 1.81 bits per heavy atom. The second kappa shape index (κ2) is 9.85. The van der Waals surface area contributed by atoms with E-state index in [4.69, 9.17) is 21.1 Å². The fourth-order valence-corrected chi connectivity index (χ4v) is 3.71. The fourth-order valence-electron chi connectivity index (χ4n) is 3.58. The summed E-state index contributed by atoms with van der Waals surface area (Å²) in [6.45, 7) is 3.98. The first kappa shape index (κ1) is 21.2. The third kappa shape index (κ3) is 5.37. The molecule has 1 aromatic heterocycles. The lowest BCUT2D eigenvalue weighted by Gasteiger charge is -2.34. The highest BCUT2D eigenvalue weighted by Crippen LogP contribution is 2.18. The van der Waals surface area contributed by atoms with E-state index < -0.39 is 0 Å². The predicted molar refractivity (Wildman–Crippen MR) is 118 cm³/mol. The first-order chi connectivity index (χ1) is 15.1. The Bertz CT molecular complexity index is 1010. The number of hydrogen-bond acceptors (Lipinski definition) is 5. The summed E-state index contributed by atoms with van der Waals surface area (Å²) in [4.78, 5) is 17.3. The van der Waals surface area contributed by atoms with Crippen molar-refractivity contribution >= 4 is 17.5 Å². The SMILES string of the molecule is COc1cccc(CN2CCN(C(=O)c3ccnn3COc3ccc(Cl)cc3)CC2)c1. The Labute approximate surface area is 186 Å². The van der Waals surface area contributed by atoms with Crippen molar-refractivity contribution in [3.8, 4) is 11.5 Å². The Morgan fingerprint density at radius 3 is 2.55 bits per heavy atom. The molecule has 0 saturated carbocycles. The molecule has 31 heavy (non-hydrogen) atoms. The molecule has 0 radical (unpaired) electrons. The van der Waals surface area contributed by atoms with E-state index in [2.05, 4.69) is 22.1 Å². The van der Waals surface area contributed by atoms with Gasteiger partial charge in [-0.25, -0.2) is 4.68 Å². The number of amides is 1. The van der Waals surface area contributed by atoms with Crippen molar-refractivity contribution in [3.63, 3.8) is 0 Å². The van der Waals surface area contributed by atoms with E-state index in [1.165, 1.54) is 5.56 Å². The van der Waals surface area contributed by atoms with E-state index in [0.717, 1.165) is 25.4 Å². The molecule has 0 spiro atoms. The van der Waals surface area contributed by atoms with Crippen molar-refractivity contribution in [2.24, 2.45) is 0 Å². The van der Waals surface area contributed by atoms with Gasteiger partial charge in [0.15, 0.2) is 6.73 Å². The molecular formula is C23H25ClN4O3. The number of carbonyl (C=O) groups excluding carboxylic acids is 1. The number of ether oxygens (including phenoxy) is 2. The van der Waals surface area contributed by atoms with E-state index in [0.29, 0.717) is 29.6 Å². The molecule has 1 aliphatic rings. The maximum Gasteiger partial charge on any atom is 0.272 e. The number of carbonyl (C=O) groups is 1. The van der Waals surface area contributed by atoms with Crippen molar-refractivity contribution in [2.75, 3.05) is 33.3 Å². The van der Waals surface area contributed by atoms with Gasteiger partial charge in [-0.05, 0) is 48.0 Å². The monoisotopic (exact) mass is 440 g/mol. The van der Waals surface area contributed by atoms with Gasteiger partial charge in [-0.2, -0.15) is 5.10 Å². The van der Waals surface area contributed by atoms with Crippen molar-refractivity contribution in [1.82, 2.24) is 19.6 Å². The number of hydrogen-bond donors (Lipinski definition) is 0. The van der Waals surface area contributed by atoms with E-state index in [-0.39, 0.29) is 12.6 Å². The average Bonchev–Trinajstić information content (AvgIpc) is 3.27. The number of methoxy groups -OCH3 is 1. The number of aromatic nitrogens is 2. The Kier molecular flexibility index (Phi) is 6.74. The lowest BCUT2D eigenvalue weighted by atomic mass is 10.2. The molecule has 0 unspecified atom stereocenters. The molecular weight excluding hydrogens is 416 g/mol. The summed E-state index contributed by atoms with van der Waals surface area (Å²) in [5.41, 5.74) is 1.73. The Balaban J connectivity index is 1.31. The number of rotatable bonds is 7. The van der Waals surface area contributed by atoms with Crippen LogP contribution in [0.1, 0.15) is 16.1 Å². The van der Waals surface area contributed by atoms with Crippen LogP contribution >= 0.6 is 11.6 Å². The quantitative estimate of drug-likeness (QED) is 0.562. The number of halogens is 1. The number of piperazine rings is 1. The molecule has 1 fully saturated rings. The standard InChI is InChI=1S/C23H25ClN4O3/c1-30-21-4-2-3-18(15-21)16-26-11-13-27(14-12-26)23(29)22-9-10-25-28(22)17-31-20-7-5-19(24)6-8-20/h2-10,15H,11-14,16-17H2,1H3. The molecule has 0 aliphatic carbocycles. The highest BCUT2D eigenvalue weighted by atomic mass is 35.5. The predicted octanol–water partition coefficient (Wildman–Crippen LogP) is 3.54. The summed E-state index contributed by atoms with van der Waals surface area (Å²) < 4.78 is 12.6. The fraction of sp³-hybridized carbons (Fsp3) is 0.304. The van der Waals surface area contributed by atoms with Crippen LogP contribution in [0.25, 0.3) is 0 Å². The summed E-state index contributed by atoms with van der Waals surface area (Å²) >= 11 is 5.90. The van der Waals surface area contributed by atoms with Gasteiger partial charge in [-0.3, -0.25) is 9.69 Å². The lowest BCUT2D eigenvalue weighted by molar-refractivity contribution is 0.0607. The molecule has 7 nitrogen and oxygen atoms in total. The Hall–Kier alpha value is -3.03. The summed E-state index contributed by atoms with van der Waals surface area (Å²) in [7, 11) is 1.68. The maximum absolute atomic E-state index is 13.0. The minimum atomic E-state index is -0.0294. The molecule has 1 saturated heterocycles. The van der Waals surface area contributed by atoms with Gasteiger partial charge >= 0.3 is 0 Å². The number of nitrogens with zero attached hydrogens (tertiary/aromatic N) is 4. The highest BCUT2D eigenvalue weighted by molar-refractivity contribution is 6.30. The van der Waals surface area contributed by atoms with Gasteiger partial charge < -0.3 is 14.4 Å². The van der Waals surface area contributed by atoms with Crippen LogP contribution in [0.2, 0.25) is 5.02 Å². The summed E-state index contributed by atoms with van der Waals surface area (Å²) in [5.74, 6) is 1.50. The zero-order chi connectivity index (χ0) is 21.6. The summed E-state index contributed by atoms with van der Waals surface area (Å²) in [5, 5.41) is 4.89. The molecule has 8 heteroatoms. The van der Waals surface area contributed by atoms with Gasteiger partial charge in [0.25, 0.3) is 5.91 Å². The summed E-state index contributed by atoms with van der Waals surface area (Å²) in [6, 6.07) is 16.9. The van der Waals surface area contributed by atoms with Crippen molar-refractivity contribution in [1.29, 1.82) is 0 Å². The van der Waals surface area contributed by atoms with Gasteiger partial charge in [0.05, 0.1) is 7.11 Å². The van der Waals surface area contributed by atoms with Crippen LogP contribution in [0.5, 0.6) is 11.5 Å². The average molecular weight is 441 g/mol. The van der Waals surface area contributed by atoms with Gasteiger partial charge in [0.2, 0.25) is 0 Å². The van der Waals surface area contributed by atoms with Crippen LogP contribution in [0.4, 0.5) is 0 Å². The normalized spacial score (nSPS) is 14.5. The summed E-state index contributed by atoms with van der Waals surface area (Å²) in [6.07, 6.45) is 1.62. The van der Waals surface area contributed by atoms with Crippen LogP contribution < -0.4 is 9.47 Å². The molecule has 3 aromatic rings. The van der Waals surface area contributed by atoms with Crippen LogP contribution in [-0.4, -0.2) is 58.8 Å². The molecule has 4 rings (SSSR count). The molecule has 2 aromatic carbocycles. The molecule has 0 bridgehead atoms. The molecule has 2 heterocycles. The second-order valence-electron chi connectivity index (χ2n) is 7.36. The van der Waals surface area contributed by atoms with Crippen LogP contribution in [-0.2, 0) is 13.3 Å². The topological polar surface area (TPSA) is 59.8 Å². The van der Waals surface area contributed by atoms with Gasteiger partial charge in [-0.1, -0.05) is 23.7 Å². The molecule has 162 valence electrons. The van der Waals surface area contributed by atoms with Gasteiger partial charge in [0, 0.05) is 43.9 Å². The van der Waals surface area contributed by atoms with Crippen LogP contribution in [0.15, 0.2) is 60.8 Å². The van der Waals surface area contributed by atoms with Gasteiger partial charge in [0.1, 0.15) is 17.2 Å². The van der Waals surface area contributed by atoms with Crippen LogP contribution in [0.3, 0.4) is 0 Å². The Morgan fingerprint density at radius 1 is 1.03 bits per heavy atom. The third-order valence-electron chi connectivity index (χ3n) is 5.30. The smallest absolute Gasteiger partial charge is 0.272 e.